The van der Waals surface area contributed by atoms with Gasteiger partial charge in [0.2, 0.25) is 0 Å². The van der Waals surface area contributed by atoms with Crippen LogP contribution in [-0.2, 0) is 22.1 Å². The molecule has 21 heavy (non-hydrogen) atoms. The van der Waals surface area contributed by atoms with Crippen molar-refractivity contribution in [1.29, 1.82) is 0 Å². The van der Waals surface area contributed by atoms with Crippen molar-refractivity contribution >= 4 is 9.84 Å². The van der Waals surface area contributed by atoms with E-state index in [2.05, 4.69) is 19.2 Å². The van der Waals surface area contributed by atoms with Crippen LogP contribution in [0.1, 0.15) is 44.7 Å². The van der Waals surface area contributed by atoms with E-state index >= 15 is 0 Å². The first kappa shape index (κ1) is 18.0. The molecule has 0 saturated heterocycles. The fourth-order valence-corrected chi connectivity index (χ4v) is 3.62. The molecule has 0 bridgehead atoms. The summed E-state index contributed by atoms with van der Waals surface area (Å²) in [5, 5.41) is 3.33. The molecule has 0 unspecified atom stereocenters. The average Bonchev–Trinajstić information content (AvgIpc) is 2.43. The molecule has 5 heteroatoms. The molecule has 0 atom stereocenters. The van der Waals surface area contributed by atoms with Crippen molar-refractivity contribution in [2.24, 2.45) is 0 Å². The highest BCUT2D eigenvalue weighted by Gasteiger charge is 2.15. The lowest BCUT2D eigenvalue weighted by Gasteiger charge is -2.13. The molecule has 0 heterocycles. The largest absolute Gasteiger partial charge is 0.496 e. The summed E-state index contributed by atoms with van der Waals surface area (Å²) >= 11 is 0. The zero-order valence-electron chi connectivity index (χ0n) is 13.5. The van der Waals surface area contributed by atoms with E-state index < -0.39 is 9.84 Å². The lowest BCUT2D eigenvalue weighted by Crippen LogP contribution is -2.22. The predicted molar refractivity (Wildman–Crippen MR) is 87.4 cm³/mol. The summed E-state index contributed by atoms with van der Waals surface area (Å²) in [5.41, 5.74) is 1.82. The van der Waals surface area contributed by atoms with Crippen LogP contribution in [-0.4, -0.2) is 27.3 Å². The normalized spacial score (nSPS) is 11.9. The van der Waals surface area contributed by atoms with E-state index in [4.69, 9.17) is 4.74 Å². The molecule has 0 radical (unpaired) electrons. The standard InChI is InChI=1S/C16H27NO3S/c1-5-6-9-21(18,19)12-15-10-14(11-17-13(2)3)7-8-16(15)20-4/h7-8,10,13,17H,5-6,9,11-12H2,1-4H3. The van der Waals surface area contributed by atoms with Crippen LogP contribution < -0.4 is 10.1 Å². The number of nitrogens with one attached hydrogen (secondary N) is 1. The Balaban J connectivity index is 2.90. The summed E-state index contributed by atoms with van der Waals surface area (Å²) in [6.07, 6.45) is 1.59. The molecule has 1 rings (SSSR count). The lowest BCUT2D eigenvalue weighted by molar-refractivity contribution is 0.410. The second-order valence-electron chi connectivity index (χ2n) is 5.63. The number of ether oxygens (including phenoxy) is 1. The Bertz CT molecular complexity index is 538. The minimum absolute atomic E-state index is 0.0473. The number of hydrogen-bond donors (Lipinski definition) is 1. The number of sulfone groups is 1. The quantitative estimate of drug-likeness (QED) is 0.761. The van der Waals surface area contributed by atoms with E-state index in [1.165, 1.54) is 0 Å². The van der Waals surface area contributed by atoms with Gasteiger partial charge in [0, 0.05) is 18.2 Å². The highest BCUT2D eigenvalue weighted by molar-refractivity contribution is 7.90. The summed E-state index contributed by atoms with van der Waals surface area (Å²) in [6, 6.07) is 6.14. The molecule has 0 aliphatic rings. The van der Waals surface area contributed by atoms with Crippen molar-refractivity contribution in [3.63, 3.8) is 0 Å². The smallest absolute Gasteiger partial charge is 0.154 e. The van der Waals surface area contributed by atoms with E-state index in [1.807, 2.05) is 25.1 Å². The van der Waals surface area contributed by atoms with E-state index in [0.717, 1.165) is 24.1 Å². The first-order chi connectivity index (χ1) is 9.88. The maximum absolute atomic E-state index is 12.1. The Hall–Kier alpha value is -1.07. The van der Waals surface area contributed by atoms with E-state index in [-0.39, 0.29) is 11.5 Å². The highest BCUT2D eigenvalue weighted by Crippen LogP contribution is 2.23. The van der Waals surface area contributed by atoms with Crippen LogP contribution in [0.5, 0.6) is 5.75 Å². The van der Waals surface area contributed by atoms with Crippen LogP contribution in [0.15, 0.2) is 18.2 Å². The van der Waals surface area contributed by atoms with E-state index in [9.17, 15) is 8.42 Å². The number of hydrogen-bond acceptors (Lipinski definition) is 4. The third-order valence-corrected chi connectivity index (χ3v) is 4.91. The van der Waals surface area contributed by atoms with Gasteiger partial charge in [-0.25, -0.2) is 8.42 Å². The maximum Gasteiger partial charge on any atom is 0.154 e. The van der Waals surface area contributed by atoms with Gasteiger partial charge < -0.3 is 10.1 Å². The Morgan fingerprint density at radius 2 is 2.00 bits per heavy atom. The third kappa shape index (κ3) is 6.48. The second kappa shape index (κ2) is 8.39. The molecule has 1 aromatic carbocycles. The number of unbranched alkanes of at least 4 members (excludes halogenated alkanes) is 1. The van der Waals surface area contributed by atoms with Crippen molar-refractivity contribution < 1.29 is 13.2 Å². The Labute approximate surface area is 128 Å². The van der Waals surface area contributed by atoms with Crippen LogP contribution in [0.4, 0.5) is 0 Å². The Morgan fingerprint density at radius 3 is 2.57 bits per heavy atom. The van der Waals surface area contributed by atoms with Crippen molar-refractivity contribution in [3.05, 3.63) is 29.3 Å². The van der Waals surface area contributed by atoms with Gasteiger partial charge in [-0.3, -0.25) is 0 Å². The molecule has 120 valence electrons. The highest BCUT2D eigenvalue weighted by atomic mass is 32.2. The molecule has 0 aromatic heterocycles. The monoisotopic (exact) mass is 313 g/mol. The fraction of sp³-hybridized carbons (Fsp3) is 0.625. The Morgan fingerprint density at radius 1 is 1.29 bits per heavy atom. The second-order valence-corrected chi connectivity index (χ2v) is 7.81. The molecular formula is C16H27NO3S. The van der Waals surface area contributed by atoms with Gasteiger partial charge in [-0.15, -0.1) is 0 Å². The topological polar surface area (TPSA) is 55.4 Å². The number of rotatable bonds is 9. The molecular weight excluding hydrogens is 286 g/mol. The molecule has 0 fully saturated rings. The summed E-state index contributed by atoms with van der Waals surface area (Å²) in [7, 11) is -1.50. The summed E-state index contributed by atoms with van der Waals surface area (Å²) in [5.74, 6) is 0.927. The van der Waals surface area contributed by atoms with E-state index in [1.54, 1.807) is 7.11 Å². The molecule has 0 amide bonds. The predicted octanol–water partition coefficient (Wildman–Crippen LogP) is 2.91. The first-order valence-corrected chi connectivity index (χ1v) is 9.29. The van der Waals surface area contributed by atoms with Crippen molar-refractivity contribution in [2.45, 2.75) is 52.0 Å². The maximum atomic E-state index is 12.1. The SMILES string of the molecule is CCCCS(=O)(=O)Cc1cc(CNC(C)C)ccc1OC. The fourth-order valence-electron chi connectivity index (χ4n) is 2.05. The van der Waals surface area contributed by atoms with Gasteiger partial charge in [0.25, 0.3) is 0 Å². The van der Waals surface area contributed by atoms with Gasteiger partial charge in [-0.2, -0.15) is 0 Å². The van der Waals surface area contributed by atoms with Crippen LogP contribution in [0.25, 0.3) is 0 Å². The number of methoxy groups -OCH3 is 1. The minimum atomic E-state index is -3.08. The van der Waals surface area contributed by atoms with E-state index in [0.29, 0.717) is 18.2 Å². The Kier molecular flexibility index (Phi) is 7.18. The molecule has 0 spiro atoms. The molecule has 4 nitrogen and oxygen atoms in total. The van der Waals surface area contributed by atoms with Gasteiger partial charge in [-0.05, 0) is 24.1 Å². The van der Waals surface area contributed by atoms with Gasteiger partial charge in [0.05, 0.1) is 18.6 Å². The average molecular weight is 313 g/mol. The van der Waals surface area contributed by atoms with Crippen LogP contribution in [0.3, 0.4) is 0 Å². The van der Waals surface area contributed by atoms with Gasteiger partial charge in [0.15, 0.2) is 9.84 Å². The van der Waals surface area contributed by atoms with Crippen molar-refractivity contribution in [2.75, 3.05) is 12.9 Å². The zero-order chi connectivity index (χ0) is 15.9. The molecule has 0 saturated carbocycles. The van der Waals surface area contributed by atoms with Gasteiger partial charge >= 0.3 is 0 Å². The molecule has 1 N–H and O–H groups in total. The summed E-state index contributed by atoms with van der Waals surface area (Å²) in [4.78, 5) is 0. The summed E-state index contributed by atoms with van der Waals surface area (Å²) in [6.45, 7) is 6.89. The third-order valence-electron chi connectivity index (χ3n) is 3.24. The minimum Gasteiger partial charge on any atom is -0.496 e. The zero-order valence-corrected chi connectivity index (χ0v) is 14.3. The molecule has 0 aliphatic carbocycles. The van der Waals surface area contributed by atoms with Crippen LogP contribution in [0.2, 0.25) is 0 Å². The van der Waals surface area contributed by atoms with Crippen molar-refractivity contribution in [1.82, 2.24) is 5.32 Å². The van der Waals surface area contributed by atoms with Gasteiger partial charge in [0.1, 0.15) is 5.75 Å². The summed E-state index contributed by atoms with van der Waals surface area (Å²) < 4.78 is 29.6. The van der Waals surface area contributed by atoms with Crippen molar-refractivity contribution in [3.8, 4) is 5.75 Å². The first-order valence-electron chi connectivity index (χ1n) is 7.47. The number of benzene rings is 1. The lowest BCUT2D eigenvalue weighted by atomic mass is 10.1. The van der Waals surface area contributed by atoms with Gasteiger partial charge in [-0.1, -0.05) is 33.3 Å². The molecule has 1 aromatic rings. The molecule has 0 aliphatic heterocycles. The van der Waals surface area contributed by atoms with Crippen LogP contribution >= 0.6 is 0 Å². The van der Waals surface area contributed by atoms with Crippen LogP contribution in [0, 0.1) is 0 Å².